The minimum Gasteiger partial charge on any atom is -0.387 e. The van der Waals surface area contributed by atoms with Crippen molar-refractivity contribution in [3.8, 4) is 0 Å². The monoisotopic (exact) mass is 276 g/mol. The summed E-state index contributed by atoms with van der Waals surface area (Å²) in [4.78, 5) is 11.9. The fourth-order valence-electron chi connectivity index (χ4n) is 2.59. The molecule has 20 heavy (non-hydrogen) atoms. The van der Waals surface area contributed by atoms with Crippen LogP contribution in [0.15, 0.2) is 24.3 Å². The van der Waals surface area contributed by atoms with Crippen LogP contribution in [0.3, 0.4) is 0 Å². The maximum absolute atomic E-state index is 11.9. The van der Waals surface area contributed by atoms with Gasteiger partial charge in [-0.15, -0.1) is 0 Å². The number of hydrogen-bond donors (Lipinski definition) is 3. The van der Waals surface area contributed by atoms with E-state index in [1.165, 1.54) is 11.1 Å². The minimum absolute atomic E-state index is 0.00671. The van der Waals surface area contributed by atoms with E-state index < -0.39 is 5.60 Å². The lowest BCUT2D eigenvalue weighted by atomic mass is 9.94. The molecule has 1 fully saturated rings. The first-order valence-corrected chi connectivity index (χ1v) is 7.33. The molecule has 0 aliphatic carbocycles. The van der Waals surface area contributed by atoms with E-state index in [1.807, 2.05) is 12.1 Å². The van der Waals surface area contributed by atoms with Crippen LogP contribution in [0.1, 0.15) is 30.4 Å². The number of nitrogens with one attached hydrogen (secondary N) is 2. The first kappa shape index (κ1) is 15.0. The van der Waals surface area contributed by atoms with E-state index in [9.17, 15) is 9.90 Å². The number of piperidine rings is 1. The molecule has 2 rings (SSSR count). The molecule has 3 N–H and O–H groups in total. The van der Waals surface area contributed by atoms with Gasteiger partial charge in [-0.3, -0.25) is 4.79 Å². The summed E-state index contributed by atoms with van der Waals surface area (Å²) in [6.07, 6.45) is 2.91. The number of rotatable bonds is 5. The third-order valence-corrected chi connectivity index (χ3v) is 3.95. The lowest BCUT2D eigenvalue weighted by Crippen LogP contribution is -2.52. The van der Waals surface area contributed by atoms with Gasteiger partial charge in [0.25, 0.3) is 0 Å². The first-order chi connectivity index (χ1) is 9.59. The van der Waals surface area contributed by atoms with Crippen LogP contribution in [0.2, 0.25) is 0 Å². The fraction of sp³-hybridized carbons (Fsp3) is 0.562. The molecule has 1 heterocycles. The molecule has 4 nitrogen and oxygen atoms in total. The summed E-state index contributed by atoms with van der Waals surface area (Å²) in [5, 5.41) is 16.3. The van der Waals surface area contributed by atoms with Crippen LogP contribution in [-0.2, 0) is 11.2 Å². The van der Waals surface area contributed by atoms with Crippen LogP contribution < -0.4 is 10.6 Å². The van der Waals surface area contributed by atoms with E-state index in [4.69, 9.17) is 0 Å². The normalized spacial score (nSPS) is 22.5. The van der Waals surface area contributed by atoms with Gasteiger partial charge in [-0.2, -0.15) is 0 Å². The van der Waals surface area contributed by atoms with Crippen LogP contribution in [0.5, 0.6) is 0 Å². The van der Waals surface area contributed by atoms with Gasteiger partial charge in [0.05, 0.1) is 5.60 Å². The predicted molar refractivity (Wildman–Crippen MR) is 79.6 cm³/mol. The van der Waals surface area contributed by atoms with E-state index in [0.29, 0.717) is 19.5 Å². The predicted octanol–water partition coefficient (Wildman–Crippen LogP) is 1.16. The Hall–Kier alpha value is -1.39. The van der Waals surface area contributed by atoms with Gasteiger partial charge in [0.2, 0.25) is 5.91 Å². The van der Waals surface area contributed by atoms with Crippen molar-refractivity contribution in [2.75, 3.05) is 19.6 Å². The summed E-state index contributed by atoms with van der Waals surface area (Å²) in [5.41, 5.74) is 1.65. The average molecular weight is 276 g/mol. The Kier molecular flexibility index (Phi) is 5.15. The van der Waals surface area contributed by atoms with Crippen molar-refractivity contribution in [2.45, 2.75) is 38.2 Å². The van der Waals surface area contributed by atoms with Crippen LogP contribution >= 0.6 is 0 Å². The van der Waals surface area contributed by atoms with Crippen molar-refractivity contribution in [3.05, 3.63) is 35.4 Å². The Labute approximate surface area is 120 Å². The molecule has 1 aromatic carbocycles. The number of aliphatic hydroxyl groups is 1. The minimum atomic E-state index is -0.781. The third kappa shape index (κ3) is 4.32. The summed E-state index contributed by atoms with van der Waals surface area (Å²) in [6.45, 7) is 3.91. The lowest BCUT2D eigenvalue weighted by molar-refractivity contribution is -0.122. The number of carbonyl (C=O) groups excluding carboxylic acids is 1. The number of hydrogen-bond acceptors (Lipinski definition) is 3. The van der Waals surface area contributed by atoms with Gasteiger partial charge in [0.15, 0.2) is 0 Å². The van der Waals surface area contributed by atoms with Gasteiger partial charge in [-0.05, 0) is 43.9 Å². The Bertz CT molecular complexity index is 454. The summed E-state index contributed by atoms with van der Waals surface area (Å²) in [6, 6.07) is 8.12. The fourth-order valence-corrected chi connectivity index (χ4v) is 2.59. The molecule has 0 spiro atoms. The van der Waals surface area contributed by atoms with Crippen LogP contribution in [0.25, 0.3) is 0 Å². The van der Waals surface area contributed by atoms with E-state index >= 15 is 0 Å². The third-order valence-electron chi connectivity index (χ3n) is 3.95. The maximum Gasteiger partial charge on any atom is 0.220 e. The molecule has 1 aromatic rings. The second-order valence-corrected chi connectivity index (χ2v) is 5.71. The summed E-state index contributed by atoms with van der Waals surface area (Å²) >= 11 is 0. The molecule has 0 aromatic heterocycles. The molecule has 0 saturated carbocycles. The number of carbonyl (C=O) groups is 1. The zero-order chi connectivity index (χ0) is 14.4. The quantitative estimate of drug-likeness (QED) is 0.756. The molecule has 1 atom stereocenters. The lowest BCUT2D eigenvalue weighted by Gasteiger charge is -2.32. The van der Waals surface area contributed by atoms with E-state index in [2.05, 4.69) is 29.7 Å². The highest BCUT2D eigenvalue weighted by Gasteiger charge is 2.29. The van der Waals surface area contributed by atoms with Crippen LogP contribution in [-0.4, -0.2) is 36.2 Å². The summed E-state index contributed by atoms with van der Waals surface area (Å²) in [5.74, 6) is 0.00671. The molecule has 1 aliphatic rings. The summed E-state index contributed by atoms with van der Waals surface area (Å²) < 4.78 is 0. The van der Waals surface area contributed by atoms with E-state index in [0.717, 1.165) is 25.8 Å². The van der Waals surface area contributed by atoms with Gasteiger partial charge in [-0.25, -0.2) is 0 Å². The van der Waals surface area contributed by atoms with Crippen LogP contribution in [0, 0.1) is 6.92 Å². The number of aryl methyl sites for hydroxylation is 2. The number of β-amino-alcohol motifs (C(OH)–C–C–N with tert-alkyl or cyclic N) is 1. The molecule has 1 saturated heterocycles. The second kappa shape index (κ2) is 6.86. The SMILES string of the molecule is Cc1ccccc1CCC(=O)NCC1(O)CCCNC1. The Balaban J connectivity index is 1.74. The molecule has 0 radical (unpaired) electrons. The van der Waals surface area contributed by atoms with Gasteiger partial charge < -0.3 is 15.7 Å². The molecule has 1 unspecified atom stereocenters. The Morgan fingerprint density at radius 3 is 2.95 bits per heavy atom. The zero-order valence-electron chi connectivity index (χ0n) is 12.1. The summed E-state index contributed by atoms with van der Waals surface area (Å²) in [7, 11) is 0. The topological polar surface area (TPSA) is 61.4 Å². The first-order valence-electron chi connectivity index (χ1n) is 7.33. The van der Waals surface area contributed by atoms with Crippen LogP contribution in [0.4, 0.5) is 0 Å². The number of benzene rings is 1. The van der Waals surface area contributed by atoms with Crippen molar-refractivity contribution in [2.24, 2.45) is 0 Å². The Morgan fingerprint density at radius 2 is 2.25 bits per heavy atom. The number of amides is 1. The molecule has 1 aliphatic heterocycles. The molecule has 4 heteroatoms. The zero-order valence-corrected chi connectivity index (χ0v) is 12.1. The average Bonchev–Trinajstić information content (AvgIpc) is 2.45. The molecule has 110 valence electrons. The highest BCUT2D eigenvalue weighted by atomic mass is 16.3. The highest BCUT2D eigenvalue weighted by molar-refractivity contribution is 5.76. The van der Waals surface area contributed by atoms with Crippen molar-refractivity contribution in [1.29, 1.82) is 0 Å². The molecule has 1 amide bonds. The maximum atomic E-state index is 11.9. The standard InChI is InChI=1S/C16H24N2O2/c1-13-5-2-3-6-14(13)7-8-15(19)18-12-16(20)9-4-10-17-11-16/h2-3,5-6,17,20H,4,7-12H2,1H3,(H,18,19). The van der Waals surface area contributed by atoms with Gasteiger partial charge in [0.1, 0.15) is 0 Å². The van der Waals surface area contributed by atoms with E-state index in [1.54, 1.807) is 0 Å². The molecule has 0 bridgehead atoms. The second-order valence-electron chi connectivity index (χ2n) is 5.71. The van der Waals surface area contributed by atoms with Crippen molar-refractivity contribution < 1.29 is 9.90 Å². The largest absolute Gasteiger partial charge is 0.387 e. The van der Waals surface area contributed by atoms with E-state index in [-0.39, 0.29) is 5.91 Å². The molecular weight excluding hydrogens is 252 g/mol. The van der Waals surface area contributed by atoms with Gasteiger partial charge >= 0.3 is 0 Å². The van der Waals surface area contributed by atoms with Crippen molar-refractivity contribution in [3.63, 3.8) is 0 Å². The van der Waals surface area contributed by atoms with Crippen molar-refractivity contribution >= 4 is 5.91 Å². The highest BCUT2D eigenvalue weighted by Crippen LogP contribution is 2.15. The van der Waals surface area contributed by atoms with Crippen molar-refractivity contribution in [1.82, 2.24) is 10.6 Å². The molecular formula is C16H24N2O2. The van der Waals surface area contributed by atoms with Gasteiger partial charge in [-0.1, -0.05) is 24.3 Å². The smallest absolute Gasteiger partial charge is 0.220 e. The Morgan fingerprint density at radius 1 is 1.45 bits per heavy atom. The van der Waals surface area contributed by atoms with Gasteiger partial charge in [0, 0.05) is 19.5 Å².